The van der Waals surface area contributed by atoms with Gasteiger partial charge in [-0.25, -0.2) is 0 Å². The maximum absolute atomic E-state index is 14.0. The number of benzene rings is 3. The van der Waals surface area contributed by atoms with Crippen molar-refractivity contribution >= 4 is 42.1 Å². The largest absolute Gasteiger partial charge is 0.481 e. The molecule has 48 heavy (non-hydrogen) atoms. The molecule has 7 nitrogen and oxygen atoms in total. The van der Waals surface area contributed by atoms with Crippen LogP contribution in [0.25, 0.3) is 0 Å². The molecule has 4 atom stereocenters. The molecule has 3 aromatic rings. The lowest BCUT2D eigenvalue weighted by atomic mass is 9.89. The van der Waals surface area contributed by atoms with E-state index in [0.717, 1.165) is 15.9 Å². The Balaban J connectivity index is 1.89. The van der Waals surface area contributed by atoms with Gasteiger partial charge in [-0.2, -0.15) is 0 Å². The highest BCUT2D eigenvalue weighted by atomic mass is 28.4. The summed E-state index contributed by atoms with van der Waals surface area (Å²) >= 11 is 0. The van der Waals surface area contributed by atoms with Crippen LogP contribution in [0, 0.1) is 17.8 Å². The number of nitrogens with one attached hydrogen (secondary N) is 1. The molecule has 0 saturated heterocycles. The third-order valence-electron chi connectivity index (χ3n) is 9.03. The quantitative estimate of drug-likeness (QED) is 0.152. The fraction of sp³-hybridized carbons (Fsp3) is 0.450. The summed E-state index contributed by atoms with van der Waals surface area (Å²) in [7, 11) is -3.10. The fourth-order valence-corrected chi connectivity index (χ4v) is 11.3. The van der Waals surface area contributed by atoms with E-state index in [2.05, 4.69) is 26.1 Å². The topological polar surface area (TPSA) is 110 Å². The molecule has 0 radical (unpaired) electrons. The Hall–Kier alpha value is -3.88. The Labute approximate surface area is 287 Å². The van der Waals surface area contributed by atoms with Gasteiger partial charge in [0.1, 0.15) is 5.78 Å². The maximum atomic E-state index is 14.0. The van der Waals surface area contributed by atoms with Crippen LogP contribution in [0.5, 0.6) is 0 Å². The lowest BCUT2D eigenvalue weighted by Gasteiger charge is -2.45. The van der Waals surface area contributed by atoms with Gasteiger partial charge in [-0.05, 0) is 60.0 Å². The molecule has 0 aliphatic carbocycles. The van der Waals surface area contributed by atoms with Crippen LogP contribution in [-0.2, 0) is 30.0 Å². The van der Waals surface area contributed by atoms with Crippen molar-refractivity contribution in [2.75, 3.05) is 0 Å². The molecule has 0 saturated carbocycles. The number of amides is 1. The molecule has 258 valence electrons. The number of carboxylic acids is 1. The molecule has 3 aromatic carbocycles. The van der Waals surface area contributed by atoms with Crippen LogP contribution in [0.4, 0.5) is 0 Å². The lowest BCUT2D eigenvalue weighted by molar-refractivity contribution is -0.147. The zero-order valence-corrected chi connectivity index (χ0v) is 30.6. The second kappa shape index (κ2) is 17.5. The zero-order valence-electron chi connectivity index (χ0n) is 29.6. The molecular weight excluding hydrogens is 619 g/mol. The van der Waals surface area contributed by atoms with Crippen molar-refractivity contribution in [3.8, 4) is 0 Å². The molecule has 0 aliphatic rings. The highest BCUT2D eigenvalue weighted by Gasteiger charge is 2.52. The van der Waals surface area contributed by atoms with Crippen molar-refractivity contribution in [2.24, 2.45) is 17.8 Å². The van der Waals surface area contributed by atoms with Gasteiger partial charge in [-0.15, -0.1) is 0 Å². The predicted octanol–water partition coefficient (Wildman–Crippen LogP) is 6.37. The van der Waals surface area contributed by atoms with E-state index in [0.29, 0.717) is 19.3 Å². The van der Waals surface area contributed by atoms with Crippen LogP contribution < -0.4 is 15.7 Å². The normalized spacial score (nSPS) is 14.5. The van der Waals surface area contributed by atoms with Crippen molar-refractivity contribution in [3.05, 3.63) is 96.6 Å². The number of aryl methyl sites for hydroxylation is 1. The second-order valence-electron chi connectivity index (χ2n) is 14.4. The van der Waals surface area contributed by atoms with Crippen molar-refractivity contribution in [1.82, 2.24) is 5.32 Å². The number of rotatable bonds is 18. The van der Waals surface area contributed by atoms with E-state index in [1.807, 2.05) is 105 Å². The SMILES string of the molecule is CC(=O)C[C@@H](CCc1ccccc1)C(=O)N[C@@H](CC(C)C)C(=O)C[C@H](C(=O)O)[C@@H](C)O[Si](c1ccccc1)(c1ccccc1)C(C)(C)C. The van der Waals surface area contributed by atoms with Gasteiger partial charge in [0.05, 0.1) is 18.1 Å². The van der Waals surface area contributed by atoms with Gasteiger partial charge < -0.3 is 19.6 Å². The maximum Gasteiger partial charge on any atom is 0.309 e. The summed E-state index contributed by atoms with van der Waals surface area (Å²) in [5, 5.41) is 15.1. The molecule has 0 spiro atoms. The van der Waals surface area contributed by atoms with Crippen LogP contribution >= 0.6 is 0 Å². The van der Waals surface area contributed by atoms with Crippen LogP contribution in [-0.4, -0.2) is 49.0 Å². The van der Waals surface area contributed by atoms with Crippen LogP contribution in [0.1, 0.15) is 79.7 Å². The average molecular weight is 672 g/mol. The van der Waals surface area contributed by atoms with Gasteiger partial charge in [0.25, 0.3) is 8.32 Å². The summed E-state index contributed by atoms with van der Waals surface area (Å²) in [6, 6.07) is 28.8. The highest BCUT2D eigenvalue weighted by molar-refractivity contribution is 6.99. The fourth-order valence-electron chi connectivity index (χ4n) is 6.56. The van der Waals surface area contributed by atoms with E-state index in [1.165, 1.54) is 6.92 Å². The Kier molecular flexibility index (Phi) is 14.1. The number of Topliss-reactive ketones (excluding diaryl/α,β-unsaturated/α-hetero) is 2. The van der Waals surface area contributed by atoms with Gasteiger partial charge in [-0.1, -0.05) is 126 Å². The molecular formula is C40H53NO6Si. The van der Waals surface area contributed by atoms with Gasteiger partial charge in [0, 0.05) is 18.8 Å². The number of carbonyl (C=O) groups excluding carboxylic acids is 3. The molecule has 3 rings (SSSR count). The third-order valence-corrected chi connectivity index (χ3v) is 14.2. The Morgan fingerprint density at radius 3 is 1.73 bits per heavy atom. The molecule has 0 heterocycles. The molecule has 1 amide bonds. The zero-order chi connectivity index (χ0) is 35.5. The molecule has 8 heteroatoms. The van der Waals surface area contributed by atoms with E-state index in [-0.39, 0.29) is 41.3 Å². The number of carboxylic acid groups (broad SMARTS) is 1. The first kappa shape index (κ1) is 38.6. The minimum absolute atomic E-state index is 0.0592. The standard InChI is InChI=1S/C40H53NO6Si/c1-28(2)25-36(41-38(44)32(26-29(3)42)24-23-31-17-11-8-12-18-31)37(43)27-35(39(45)46)30(4)47-48(40(5,6)7,33-19-13-9-14-20-33)34-21-15-10-16-22-34/h8-22,28,30,32,35-36H,23-27H2,1-7H3,(H,41,44)(H,45,46)/t30-,32-,35+,36+/m1/s1. The Bertz CT molecular complexity index is 1450. The number of ketones is 2. The highest BCUT2D eigenvalue weighted by Crippen LogP contribution is 2.38. The summed E-state index contributed by atoms with van der Waals surface area (Å²) < 4.78 is 7.08. The molecule has 0 aliphatic heterocycles. The lowest BCUT2D eigenvalue weighted by Crippen LogP contribution is -2.68. The third kappa shape index (κ3) is 10.3. The molecule has 0 aromatic heterocycles. The van der Waals surface area contributed by atoms with Crippen LogP contribution in [0.2, 0.25) is 5.04 Å². The minimum Gasteiger partial charge on any atom is -0.481 e. The minimum atomic E-state index is -3.10. The predicted molar refractivity (Wildman–Crippen MR) is 194 cm³/mol. The monoisotopic (exact) mass is 671 g/mol. The van der Waals surface area contributed by atoms with E-state index >= 15 is 0 Å². The molecule has 0 unspecified atom stereocenters. The molecule has 0 fully saturated rings. The van der Waals surface area contributed by atoms with Crippen molar-refractivity contribution in [1.29, 1.82) is 0 Å². The smallest absolute Gasteiger partial charge is 0.309 e. The van der Waals surface area contributed by atoms with Crippen molar-refractivity contribution in [2.45, 2.75) is 97.8 Å². The first-order chi connectivity index (χ1) is 22.7. The average Bonchev–Trinajstić information content (AvgIpc) is 3.04. The van der Waals surface area contributed by atoms with Gasteiger partial charge >= 0.3 is 5.97 Å². The summed E-state index contributed by atoms with van der Waals surface area (Å²) in [6.45, 7) is 13.5. The number of carbonyl (C=O) groups is 4. The van der Waals surface area contributed by atoms with Crippen molar-refractivity contribution < 1.29 is 28.7 Å². The van der Waals surface area contributed by atoms with E-state index in [9.17, 15) is 24.3 Å². The first-order valence-electron chi connectivity index (χ1n) is 17.0. The summed E-state index contributed by atoms with van der Waals surface area (Å²) in [4.78, 5) is 52.6. The molecule has 0 bridgehead atoms. The second-order valence-corrected chi connectivity index (χ2v) is 18.7. The molecule has 2 N–H and O–H groups in total. The van der Waals surface area contributed by atoms with Crippen LogP contribution in [0.3, 0.4) is 0 Å². The van der Waals surface area contributed by atoms with Gasteiger partial charge in [0.2, 0.25) is 5.91 Å². The van der Waals surface area contributed by atoms with Gasteiger partial charge in [-0.3, -0.25) is 14.4 Å². The summed E-state index contributed by atoms with van der Waals surface area (Å²) in [5.74, 6) is -3.62. The number of hydrogen-bond acceptors (Lipinski definition) is 5. The number of aliphatic carboxylic acids is 1. The van der Waals surface area contributed by atoms with E-state index in [1.54, 1.807) is 6.92 Å². The number of hydrogen-bond donors (Lipinski definition) is 2. The Morgan fingerprint density at radius 2 is 1.29 bits per heavy atom. The summed E-state index contributed by atoms with van der Waals surface area (Å²) in [6.07, 6.45) is 0.388. The summed E-state index contributed by atoms with van der Waals surface area (Å²) in [5.41, 5.74) is 1.06. The van der Waals surface area contributed by atoms with E-state index in [4.69, 9.17) is 4.43 Å². The van der Waals surface area contributed by atoms with E-state index < -0.39 is 38.3 Å². The first-order valence-corrected chi connectivity index (χ1v) is 18.9. The van der Waals surface area contributed by atoms with Crippen LogP contribution in [0.15, 0.2) is 91.0 Å². The van der Waals surface area contributed by atoms with Gasteiger partial charge in [0.15, 0.2) is 5.78 Å². The van der Waals surface area contributed by atoms with Crippen molar-refractivity contribution in [3.63, 3.8) is 0 Å². The Morgan fingerprint density at radius 1 is 0.792 bits per heavy atom.